The van der Waals surface area contributed by atoms with Crippen LogP contribution in [0.3, 0.4) is 0 Å². The van der Waals surface area contributed by atoms with Crippen LogP contribution in [0.15, 0.2) is 0 Å². The van der Waals surface area contributed by atoms with Gasteiger partial charge in [-0.25, -0.2) is 0 Å². The SMILES string of the molecule is [Sb][O]C1CSC1. The third-order valence-electron chi connectivity index (χ3n) is 0.757. The Kier molecular flexibility index (Phi) is 2.14. The normalized spacial score (nSPS) is 23.5. The summed E-state index contributed by atoms with van der Waals surface area (Å²) in [6.45, 7) is 0. The van der Waals surface area contributed by atoms with Gasteiger partial charge in [-0.3, -0.25) is 0 Å². The molecule has 0 aliphatic carbocycles. The van der Waals surface area contributed by atoms with Crippen LogP contribution in [0.5, 0.6) is 0 Å². The summed E-state index contributed by atoms with van der Waals surface area (Å²) in [7, 11) is 0. The summed E-state index contributed by atoms with van der Waals surface area (Å²) in [6.07, 6.45) is 0.601. The van der Waals surface area contributed by atoms with Crippen LogP contribution in [0, 0.1) is 0 Å². The minimum atomic E-state index is 0.601. The molecule has 34 valence electrons. The maximum absolute atomic E-state index is 5.02. The van der Waals surface area contributed by atoms with Crippen molar-refractivity contribution in [3.63, 3.8) is 0 Å². The van der Waals surface area contributed by atoms with Crippen LogP contribution in [-0.4, -0.2) is 41.1 Å². The second kappa shape index (κ2) is 2.44. The average molecular weight is 211 g/mol. The molecule has 1 aliphatic rings. The first-order chi connectivity index (χ1) is 2.93. The summed E-state index contributed by atoms with van der Waals surface area (Å²) < 4.78 is 5.02. The third kappa shape index (κ3) is 1.05. The minimum absolute atomic E-state index is 0.601. The number of hydrogen-bond donors (Lipinski definition) is 0. The Labute approximate surface area is 55.9 Å². The van der Waals surface area contributed by atoms with E-state index < -0.39 is 0 Å². The molecule has 0 aromatic rings. The zero-order chi connectivity index (χ0) is 4.41. The topological polar surface area (TPSA) is 9.23 Å². The van der Waals surface area contributed by atoms with Crippen LogP contribution in [0.2, 0.25) is 0 Å². The van der Waals surface area contributed by atoms with E-state index in [0.29, 0.717) is 6.10 Å². The first-order valence-corrected chi connectivity index (χ1v) is 4.01. The first kappa shape index (κ1) is 5.27. The molecule has 0 N–H and O–H groups in total. The van der Waals surface area contributed by atoms with Gasteiger partial charge < -0.3 is 0 Å². The molecule has 0 aromatic carbocycles. The van der Waals surface area contributed by atoms with Crippen molar-refractivity contribution in [1.82, 2.24) is 0 Å². The molecule has 1 fully saturated rings. The Hall–Kier alpha value is 1.13. The molecule has 3 heteroatoms. The van der Waals surface area contributed by atoms with Gasteiger partial charge in [-0.05, 0) is 0 Å². The molecule has 0 bridgehead atoms. The van der Waals surface area contributed by atoms with E-state index in [1.54, 1.807) is 0 Å². The molecule has 0 amide bonds. The van der Waals surface area contributed by atoms with Crippen molar-refractivity contribution >= 4 is 35.2 Å². The van der Waals surface area contributed by atoms with Crippen LogP contribution in [0.1, 0.15) is 0 Å². The van der Waals surface area contributed by atoms with Gasteiger partial charge in [0.2, 0.25) is 0 Å². The monoisotopic (exact) mass is 210 g/mol. The Bertz CT molecular complexity index is 43.3. The van der Waals surface area contributed by atoms with Gasteiger partial charge in [0.1, 0.15) is 0 Å². The van der Waals surface area contributed by atoms with Gasteiger partial charge in [0.15, 0.2) is 0 Å². The molecule has 0 unspecified atom stereocenters. The van der Waals surface area contributed by atoms with Gasteiger partial charge >= 0.3 is 55.8 Å². The maximum atomic E-state index is 5.02. The van der Waals surface area contributed by atoms with E-state index in [1.165, 1.54) is 34.9 Å². The quantitative estimate of drug-likeness (QED) is 0.573. The molecule has 1 nitrogen and oxygen atoms in total. The standard InChI is InChI=1S/C3H5OS.Sb/c4-3-1-5-2-3;/h3H,1-2H2;/q-1;+1. The number of thioether (sulfide) groups is 1. The Balaban J connectivity index is 2.01. The molecule has 0 atom stereocenters. The van der Waals surface area contributed by atoms with Crippen molar-refractivity contribution in [3.05, 3.63) is 0 Å². The second-order valence-electron chi connectivity index (χ2n) is 1.26. The molecule has 1 heterocycles. The number of rotatable bonds is 1. The van der Waals surface area contributed by atoms with Crippen molar-refractivity contribution in [3.8, 4) is 0 Å². The van der Waals surface area contributed by atoms with E-state index in [9.17, 15) is 0 Å². The summed E-state index contributed by atoms with van der Waals surface area (Å²) in [4.78, 5) is 0. The molecule has 1 saturated heterocycles. The van der Waals surface area contributed by atoms with Crippen LogP contribution >= 0.6 is 11.8 Å². The predicted octanol–water partition coefficient (Wildman–Crippen LogP) is 0.202. The van der Waals surface area contributed by atoms with E-state index in [4.69, 9.17) is 3.02 Å². The summed E-state index contributed by atoms with van der Waals surface area (Å²) in [5.41, 5.74) is 0. The molecule has 1 rings (SSSR count). The van der Waals surface area contributed by atoms with E-state index in [2.05, 4.69) is 0 Å². The number of hydrogen-bond acceptors (Lipinski definition) is 2. The second-order valence-corrected chi connectivity index (χ2v) is 2.94. The van der Waals surface area contributed by atoms with Crippen molar-refractivity contribution < 1.29 is 3.02 Å². The van der Waals surface area contributed by atoms with E-state index in [-0.39, 0.29) is 0 Å². The Morgan fingerprint density at radius 3 is 2.33 bits per heavy atom. The van der Waals surface area contributed by atoms with E-state index >= 15 is 0 Å². The fourth-order valence-corrected chi connectivity index (χ4v) is 1.87. The van der Waals surface area contributed by atoms with Gasteiger partial charge in [-0.15, -0.1) is 0 Å². The summed E-state index contributed by atoms with van der Waals surface area (Å²) in [6, 6.07) is 0. The fraction of sp³-hybridized carbons (Fsp3) is 1.00. The van der Waals surface area contributed by atoms with Crippen LogP contribution in [-0.2, 0) is 3.02 Å². The molecule has 0 aromatic heterocycles. The van der Waals surface area contributed by atoms with Crippen LogP contribution < -0.4 is 0 Å². The molecule has 6 heavy (non-hydrogen) atoms. The Morgan fingerprint density at radius 1 is 1.67 bits per heavy atom. The summed E-state index contributed by atoms with van der Waals surface area (Å²) in [5, 5.41) is 0. The molecule has 2 radical (unpaired) electrons. The summed E-state index contributed by atoms with van der Waals surface area (Å²) >= 11 is 3.42. The first-order valence-electron chi connectivity index (χ1n) is 1.81. The summed E-state index contributed by atoms with van der Waals surface area (Å²) in [5.74, 6) is 2.43. The van der Waals surface area contributed by atoms with Gasteiger partial charge in [0.05, 0.1) is 0 Å². The fourth-order valence-electron chi connectivity index (χ4n) is 0.275. The molecular formula is C3H5OSSb. The third-order valence-corrected chi connectivity index (χ3v) is 2.82. The van der Waals surface area contributed by atoms with Gasteiger partial charge in [0.25, 0.3) is 0 Å². The average Bonchev–Trinajstić information content (AvgIpc) is 1.31. The molecular weight excluding hydrogens is 206 g/mol. The van der Waals surface area contributed by atoms with Crippen molar-refractivity contribution in [2.45, 2.75) is 6.10 Å². The molecule has 0 spiro atoms. The molecule has 0 saturated carbocycles. The van der Waals surface area contributed by atoms with Gasteiger partial charge in [-0.2, -0.15) is 0 Å². The van der Waals surface area contributed by atoms with Gasteiger partial charge in [0, 0.05) is 0 Å². The van der Waals surface area contributed by atoms with Crippen molar-refractivity contribution in [2.75, 3.05) is 11.5 Å². The van der Waals surface area contributed by atoms with E-state index in [1.807, 2.05) is 11.8 Å². The molecule has 1 aliphatic heterocycles. The van der Waals surface area contributed by atoms with Crippen LogP contribution in [0.4, 0.5) is 0 Å². The van der Waals surface area contributed by atoms with Gasteiger partial charge in [-0.1, -0.05) is 0 Å². The van der Waals surface area contributed by atoms with E-state index in [0.717, 1.165) is 0 Å². The zero-order valence-corrected chi connectivity index (χ0v) is 6.62. The van der Waals surface area contributed by atoms with Crippen molar-refractivity contribution in [2.24, 2.45) is 0 Å². The van der Waals surface area contributed by atoms with Crippen LogP contribution in [0.25, 0.3) is 0 Å². The predicted molar refractivity (Wildman–Crippen MR) is 28.0 cm³/mol. The zero-order valence-electron chi connectivity index (χ0n) is 3.26. The Morgan fingerprint density at radius 2 is 2.33 bits per heavy atom. The van der Waals surface area contributed by atoms with Crippen molar-refractivity contribution in [1.29, 1.82) is 0 Å².